The molecule has 0 heterocycles. The van der Waals surface area contributed by atoms with Gasteiger partial charge in [0.1, 0.15) is 19.2 Å². The van der Waals surface area contributed by atoms with E-state index >= 15 is 0 Å². The van der Waals surface area contributed by atoms with Crippen LogP contribution >= 0.6 is 0 Å². The van der Waals surface area contributed by atoms with Crippen molar-refractivity contribution in [3.63, 3.8) is 0 Å². The molecule has 8 N–H and O–H groups in total. The Morgan fingerprint density at radius 1 is 0.804 bits per heavy atom. The lowest BCUT2D eigenvalue weighted by Crippen LogP contribution is -2.55. The average Bonchev–Trinajstić information content (AvgIpc) is 3.17. The van der Waals surface area contributed by atoms with Crippen molar-refractivity contribution >= 4 is 36.3 Å². The van der Waals surface area contributed by atoms with Gasteiger partial charge in [-0.1, -0.05) is 110 Å². The van der Waals surface area contributed by atoms with Crippen molar-refractivity contribution in [3.05, 3.63) is 109 Å². The number of benzene rings is 1. The maximum absolute atomic E-state index is 12.9. The van der Waals surface area contributed by atoms with Gasteiger partial charge in [0, 0.05) is 25.8 Å². The highest BCUT2D eigenvalue weighted by atomic mass is 16.6. The normalized spacial score (nSPS) is 14.6. The van der Waals surface area contributed by atoms with Crippen LogP contribution in [-0.2, 0) is 40.1 Å². The summed E-state index contributed by atoms with van der Waals surface area (Å²) in [6, 6.07) is 6.55. The summed E-state index contributed by atoms with van der Waals surface area (Å²) in [4.78, 5) is 71.3. The van der Waals surface area contributed by atoms with E-state index < -0.39 is 66.9 Å². The molecule has 56 heavy (non-hydrogen) atoms. The number of aliphatic carboxylic acids is 2. The van der Waals surface area contributed by atoms with E-state index in [1.54, 1.807) is 72.9 Å². The number of alkyl carbamates (subject to hydrolysis) is 1. The molecule has 0 aliphatic carbocycles. The van der Waals surface area contributed by atoms with Gasteiger partial charge in [-0.05, 0) is 31.2 Å². The third kappa shape index (κ3) is 25.2. The highest BCUT2D eigenvalue weighted by Crippen LogP contribution is 2.07. The van der Waals surface area contributed by atoms with Crippen LogP contribution in [0.2, 0.25) is 0 Å². The molecule has 306 valence electrons. The van der Waals surface area contributed by atoms with Crippen molar-refractivity contribution in [1.29, 1.82) is 0 Å². The van der Waals surface area contributed by atoms with Crippen molar-refractivity contribution in [2.75, 3.05) is 13.1 Å². The molecule has 0 unspecified atom stereocenters. The molecule has 0 radical (unpaired) electrons. The van der Waals surface area contributed by atoms with Crippen LogP contribution in [0.15, 0.2) is 103 Å². The largest absolute Gasteiger partial charge is 0.481 e. The fourth-order valence-electron chi connectivity index (χ4n) is 4.58. The Labute approximate surface area is 326 Å². The number of aliphatic hydroxyl groups is 2. The van der Waals surface area contributed by atoms with Crippen LogP contribution in [0, 0.1) is 0 Å². The molecule has 0 saturated carbocycles. The SMILES string of the molecule is CC/C=C\C[C@H](O)/C=C/C=C\C\C=C/C=C/C=C/[C@@H](NC[C@H](NC(=O)CC[C@H](NC(=O)OCc1ccccc1)OC=O)C(=O)NCC(=O)O)[C@@H](O)CCC(=O)O. The molecular weight excluding hydrogens is 728 g/mol. The van der Waals surface area contributed by atoms with Gasteiger partial charge >= 0.3 is 18.0 Å². The molecule has 0 bridgehead atoms. The number of rotatable bonds is 29. The number of amides is 3. The quantitative estimate of drug-likeness (QED) is 0.0252. The highest BCUT2D eigenvalue weighted by molar-refractivity contribution is 5.89. The topological polar surface area (TPSA) is 250 Å². The maximum atomic E-state index is 12.9. The standard InChI is InChI=1S/C40H54N4O12/c1-2-3-12-19-31(46)20-15-9-7-5-4-6-8-10-16-21-32(34(47)22-25-37(49)50)41-26-33(39(53)42-27-38(51)52)43-35(48)23-24-36(56-29-45)44-40(54)55-28-30-17-13-11-14-18-30/h3-4,6-18,20-21,29,31-34,36,41,46-47H,2,5,19,22-28H2,1H3,(H,42,53)(H,43,48)(H,44,54)(H,49,50)(H,51,52)/b6-4-,9-7-,10-8+,12-3-,20-15+,21-16+/t31-,32+,33-,34-,36+/m0/s1. The smallest absolute Gasteiger partial charge is 0.410 e. The lowest BCUT2D eigenvalue weighted by atomic mass is 10.0. The molecule has 16 heteroatoms. The number of ether oxygens (including phenoxy) is 2. The van der Waals surface area contributed by atoms with Crippen LogP contribution < -0.4 is 21.3 Å². The van der Waals surface area contributed by atoms with Crippen molar-refractivity contribution in [1.82, 2.24) is 21.3 Å². The molecule has 5 atom stereocenters. The molecule has 1 aromatic rings. The number of carboxylic acid groups (broad SMARTS) is 2. The van der Waals surface area contributed by atoms with Crippen LogP contribution in [0.5, 0.6) is 0 Å². The number of hydrogen-bond donors (Lipinski definition) is 8. The number of hydrogen-bond acceptors (Lipinski definition) is 11. The van der Waals surface area contributed by atoms with E-state index in [4.69, 9.17) is 19.7 Å². The molecule has 0 fully saturated rings. The van der Waals surface area contributed by atoms with Crippen molar-refractivity contribution in [2.45, 2.75) is 89.0 Å². The first-order chi connectivity index (χ1) is 26.9. The minimum absolute atomic E-state index is 0.0583. The summed E-state index contributed by atoms with van der Waals surface area (Å²) in [5.41, 5.74) is 0.713. The third-order valence-electron chi connectivity index (χ3n) is 7.46. The van der Waals surface area contributed by atoms with Crippen LogP contribution in [0.4, 0.5) is 4.79 Å². The molecular formula is C40H54N4O12. The van der Waals surface area contributed by atoms with Gasteiger partial charge in [-0.15, -0.1) is 0 Å². The average molecular weight is 783 g/mol. The van der Waals surface area contributed by atoms with Crippen molar-refractivity contribution < 1.29 is 58.7 Å². The van der Waals surface area contributed by atoms with E-state index in [1.165, 1.54) is 0 Å². The van der Waals surface area contributed by atoms with Gasteiger partial charge in [-0.25, -0.2) is 4.79 Å². The Hall–Kier alpha value is -5.84. The molecule has 0 spiro atoms. The molecule has 1 aromatic carbocycles. The van der Waals surface area contributed by atoms with Crippen molar-refractivity contribution in [2.24, 2.45) is 0 Å². The highest BCUT2D eigenvalue weighted by Gasteiger charge is 2.25. The number of allylic oxidation sites excluding steroid dienone is 9. The van der Waals surface area contributed by atoms with Gasteiger partial charge in [0.15, 0.2) is 6.23 Å². The van der Waals surface area contributed by atoms with E-state index in [9.17, 15) is 39.0 Å². The lowest BCUT2D eigenvalue weighted by Gasteiger charge is -2.25. The zero-order valence-corrected chi connectivity index (χ0v) is 31.4. The Balaban J connectivity index is 2.87. The first-order valence-electron chi connectivity index (χ1n) is 18.1. The summed E-state index contributed by atoms with van der Waals surface area (Å²) >= 11 is 0. The van der Waals surface area contributed by atoms with Crippen LogP contribution in [-0.4, -0.2) is 100 Å². The summed E-state index contributed by atoms with van der Waals surface area (Å²) in [5.74, 6) is -4.05. The summed E-state index contributed by atoms with van der Waals surface area (Å²) in [6.07, 6.45) is 18.5. The number of nitrogens with one attached hydrogen (secondary N) is 4. The van der Waals surface area contributed by atoms with E-state index in [0.717, 1.165) is 6.42 Å². The zero-order valence-electron chi connectivity index (χ0n) is 31.4. The van der Waals surface area contributed by atoms with Gasteiger partial charge in [0.05, 0.1) is 18.2 Å². The van der Waals surface area contributed by atoms with Crippen LogP contribution in [0.3, 0.4) is 0 Å². The zero-order chi connectivity index (χ0) is 41.4. The molecule has 0 aliphatic heterocycles. The Bertz CT molecular complexity index is 1520. The summed E-state index contributed by atoms with van der Waals surface area (Å²) in [7, 11) is 0. The van der Waals surface area contributed by atoms with Gasteiger partial charge in [-0.2, -0.15) is 0 Å². The second-order valence-corrected chi connectivity index (χ2v) is 12.1. The van der Waals surface area contributed by atoms with Crippen molar-refractivity contribution in [3.8, 4) is 0 Å². The molecule has 0 aliphatic rings. The number of carboxylic acids is 2. The minimum atomic E-state index is -1.36. The van der Waals surface area contributed by atoms with E-state index in [-0.39, 0.29) is 45.3 Å². The number of carbonyl (C=O) groups is 6. The summed E-state index contributed by atoms with van der Waals surface area (Å²) in [6.45, 7) is 0.991. The number of aliphatic hydroxyl groups excluding tert-OH is 2. The van der Waals surface area contributed by atoms with Gasteiger partial charge in [0.2, 0.25) is 11.8 Å². The van der Waals surface area contributed by atoms with Crippen LogP contribution in [0.1, 0.15) is 57.4 Å². The summed E-state index contributed by atoms with van der Waals surface area (Å²) < 4.78 is 9.96. The Morgan fingerprint density at radius 2 is 1.50 bits per heavy atom. The molecule has 1 rings (SSSR count). The fourth-order valence-corrected chi connectivity index (χ4v) is 4.58. The third-order valence-corrected chi connectivity index (χ3v) is 7.46. The lowest BCUT2D eigenvalue weighted by molar-refractivity contribution is -0.139. The Morgan fingerprint density at radius 3 is 2.18 bits per heavy atom. The Kier molecular flexibility index (Phi) is 26.2. The molecule has 16 nitrogen and oxygen atoms in total. The second-order valence-electron chi connectivity index (χ2n) is 12.1. The first kappa shape index (κ1) is 48.2. The molecule has 0 aromatic heterocycles. The number of carbonyl (C=O) groups excluding carboxylic acids is 4. The van der Waals surface area contributed by atoms with Gasteiger partial charge in [0.25, 0.3) is 6.47 Å². The van der Waals surface area contributed by atoms with E-state index in [2.05, 4.69) is 21.3 Å². The maximum Gasteiger partial charge on any atom is 0.410 e. The fraction of sp³-hybridized carbons (Fsp3) is 0.400. The molecule has 3 amide bonds. The second kappa shape index (κ2) is 30.5. The van der Waals surface area contributed by atoms with E-state index in [0.29, 0.717) is 18.4 Å². The summed E-state index contributed by atoms with van der Waals surface area (Å²) in [5, 5.41) is 48.7. The molecule has 0 saturated heterocycles. The van der Waals surface area contributed by atoms with Crippen LogP contribution in [0.25, 0.3) is 0 Å². The predicted octanol–water partition coefficient (Wildman–Crippen LogP) is 2.95. The predicted molar refractivity (Wildman–Crippen MR) is 208 cm³/mol. The monoisotopic (exact) mass is 782 g/mol. The van der Waals surface area contributed by atoms with Gasteiger partial charge < -0.3 is 45.9 Å². The van der Waals surface area contributed by atoms with E-state index in [1.807, 2.05) is 37.3 Å². The minimum Gasteiger partial charge on any atom is -0.481 e. The first-order valence-corrected chi connectivity index (χ1v) is 18.1. The van der Waals surface area contributed by atoms with Gasteiger partial charge in [-0.3, -0.25) is 29.3 Å².